The van der Waals surface area contributed by atoms with Crippen LogP contribution in [0.25, 0.3) is 0 Å². The maximum atomic E-state index is 5.03. The monoisotopic (exact) mass is 130 g/mol. The van der Waals surface area contributed by atoms with Gasteiger partial charge in [0.15, 0.2) is 0 Å². The maximum absolute atomic E-state index is 5.03. The molecule has 0 aromatic heterocycles. The first-order valence-electron chi connectivity index (χ1n) is 3.85. The van der Waals surface area contributed by atoms with E-state index in [-0.39, 0.29) is 0 Å². The van der Waals surface area contributed by atoms with Crippen LogP contribution in [0.5, 0.6) is 0 Å². The molecule has 1 heteroatoms. The summed E-state index contributed by atoms with van der Waals surface area (Å²) in [5, 5.41) is 0. The van der Waals surface area contributed by atoms with Gasteiger partial charge in [-0.3, -0.25) is 0 Å². The van der Waals surface area contributed by atoms with Crippen molar-refractivity contribution in [2.45, 2.75) is 34.1 Å². The summed E-state index contributed by atoms with van der Waals surface area (Å²) < 4.78 is 5.03. The van der Waals surface area contributed by atoms with Crippen LogP contribution in [-0.2, 0) is 4.74 Å². The van der Waals surface area contributed by atoms with E-state index in [1.807, 2.05) is 13.8 Å². The zero-order chi connectivity index (χ0) is 7.33. The molecule has 0 aromatic carbocycles. The molecule has 0 amide bonds. The summed E-state index contributed by atoms with van der Waals surface area (Å²) in [5.41, 5.74) is 0.542. The Morgan fingerprint density at radius 2 is 1.78 bits per heavy atom. The molecule has 9 heavy (non-hydrogen) atoms. The first kappa shape index (κ1) is 8.96. The van der Waals surface area contributed by atoms with Gasteiger partial charge in [-0.15, -0.1) is 0 Å². The molecule has 1 rings (SSSR count). The lowest BCUT2D eigenvalue weighted by Gasteiger charge is -2.36. The van der Waals surface area contributed by atoms with Crippen LogP contribution >= 0.6 is 0 Å². The topological polar surface area (TPSA) is 9.23 Å². The fraction of sp³-hybridized carbons (Fsp3) is 1.00. The third-order valence-corrected chi connectivity index (χ3v) is 1.75. The summed E-state index contributed by atoms with van der Waals surface area (Å²) in [4.78, 5) is 0. The highest BCUT2D eigenvalue weighted by Crippen LogP contribution is 2.29. The first-order chi connectivity index (χ1) is 4.27. The Labute approximate surface area is 58.4 Å². The molecule has 0 spiro atoms. The molecule has 0 atom stereocenters. The van der Waals surface area contributed by atoms with Gasteiger partial charge in [-0.25, -0.2) is 0 Å². The van der Waals surface area contributed by atoms with E-state index in [0.29, 0.717) is 5.41 Å². The summed E-state index contributed by atoms with van der Waals surface area (Å²) >= 11 is 0. The van der Waals surface area contributed by atoms with Crippen molar-refractivity contribution in [2.24, 2.45) is 5.41 Å². The van der Waals surface area contributed by atoms with Crippen LogP contribution in [0.2, 0.25) is 0 Å². The van der Waals surface area contributed by atoms with Crippen molar-refractivity contribution in [3.63, 3.8) is 0 Å². The van der Waals surface area contributed by atoms with Gasteiger partial charge in [0, 0.05) is 5.41 Å². The van der Waals surface area contributed by atoms with Gasteiger partial charge < -0.3 is 4.74 Å². The molecule has 0 radical (unpaired) electrons. The van der Waals surface area contributed by atoms with Gasteiger partial charge >= 0.3 is 0 Å². The minimum Gasteiger partial charge on any atom is -0.380 e. The van der Waals surface area contributed by atoms with Gasteiger partial charge in [-0.05, 0) is 6.42 Å². The standard InChI is InChI=1S/C6H12O.C2H6/c1-3-6(2)4-7-5-6;1-2/h3-5H2,1-2H3;1-2H3. The Kier molecular flexibility index (Phi) is 3.87. The molecule has 1 saturated heterocycles. The maximum Gasteiger partial charge on any atom is 0.0542 e. The molecule has 1 fully saturated rings. The number of rotatable bonds is 1. The lowest BCUT2D eigenvalue weighted by Crippen LogP contribution is -2.38. The van der Waals surface area contributed by atoms with E-state index in [0.717, 1.165) is 13.2 Å². The lowest BCUT2D eigenvalue weighted by atomic mass is 9.86. The van der Waals surface area contributed by atoms with E-state index in [1.54, 1.807) is 0 Å². The zero-order valence-electron chi connectivity index (χ0n) is 7.03. The van der Waals surface area contributed by atoms with Crippen molar-refractivity contribution in [3.05, 3.63) is 0 Å². The largest absolute Gasteiger partial charge is 0.380 e. The van der Waals surface area contributed by atoms with Gasteiger partial charge in [0.25, 0.3) is 0 Å². The normalized spacial score (nSPS) is 21.3. The van der Waals surface area contributed by atoms with Crippen molar-refractivity contribution in [1.29, 1.82) is 0 Å². The molecular weight excluding hydrogens is 112 g/mol. The number of hydrogen-bond donors (Lipinski definition) is 0. The van der Waals surface area contributed by atoms with Gasteiger partial charge in [0.2, 0.25) is 0 Å². The Morgan fingerprint density at radius 3 is 1.78 bits per heavy atom. The molecule has 1 heterocycles. The smallest absolute Gasteiger partial charge is 0.0542 e. The SMILES string of the molecule is CC.CCC1(C)COC1. The Balaban J connectivity index is 0.000000291. The van der Waals surface area contributed by atoms with E-state index < -0.39 is 0 Å². The third-order valence-electron chi connectivity index (χ3n) is 1.75. The molecule has 1 aliphatic rings. The summed E-state index contributed by atoms with van der Waals surface area (Å²) in [7, 11) is 0. The predicted octanol–water partition coefficient (Wildman–Crippen LogP) is 2.46. The predicted molar refractivity (Wildman–Crippen MR) is 40.6 cm³/mol. The van der Waals surface area contributed by atoms with Crippen LogP contribution in [-0.4, -0.2) is 13.2 Å². The molecule has 1 nitrogen and oxygen atoms in total. The Morgan fingerprint density at radius 1 is 1.33 bits per heavy atom. The van der Waals surface area contributed by atoms with E-state index in [1.165, 1.54) is 6.42 Å². The molecule has 1 aliphatic heterocycles. The highest BCUT2D eigenvalue weighted by atomic mass is 16.5. The lowest BCUT2D eigenvalue weighted by molar-refractivity contribution is -0.103. The molecule has 0 N–H and O–H groups in total. The van der Waals surface area contributed by atoms with Gasteiger partial charge in [0.05, 0.1) is 13.2 Å². The fourth-order valence-corrected chi connectivity index (χ4v) is 0.655. The Bertz CT molecular complexity index is 59.5. The second-order valence-electron chi connectivity index (χ2n) is 2.66. The van der Waals surface area contributed by atoms with Gasteiger partial charge in [0.1, 0.15) is 0 Å². The van der Waals surface area contributed by atoms with E-state index in [9.17, 15) is 0 Å². The summed E-state index contributed by atoms with van der Waals surface area (Å²) in [6.07, 6.45) is 1.26. The molecule has 0 saturated carbocycles. The second kappa shape index (κ2) is 3.89. The van der Waals surface area contributed by atoms with Crippen molar-refractivity contribution >= 4 is 0 Å². The second-order valence-corrected chi connectivity index (χ2v) is 2.66. The molecule has 0 aliphatic carbocycles. The minimum atomic E-state index is 0.542. The highest BCUT2D eigenvalue weighted by molar-refractivity contribution is 4.78. The average Bonchev–Trinajstić information content (AvgIpc) is 1.88. The summed E-state index contributed by atoms with van der Waals surface area (Å²) in [6.45, 7) is 10.4. The quantitative estimate of drug-likeness (QED) is 0.530. The van der Waals surface area contributed by atoms with Gasteiger partial charge in [-0.2, -0.15) is 0 Å². The van der Waals surface area contributed by atoms with E-state index >= 15 is 0 Å². The molecule has 56 valence electrons. The molecule has 0 aromatic rings. The molecule has 0 unspecified atom stereocenters. The average molecular weight is 130 g/mol. The minimum absolute atomic E-state index is 0.542. The van der Waals surface area contributed by atoms with E-state index in [4.69, 9.17) is 4.74 Å². The highest BCUT2D eigenvalue weighted by Gasteiger charge is 2.30. The summed E-state index contributed by atoms with van der Waals surface area (Å²) in [6, 6.07) is 0. The fourth-order valence-electron chi connectivity index (χ4n) is 0.655. The van der Waals surface area contributed by atoms with Crippen molar-refractivity contribution in [2.75, 3.05) is 13.2 Å². The van der Waals surface area contributed by atoms with Crippen LogP contribution < -0.4 is 0 Å². The zero-order valence-corrected chi connectivity index (χ0v) is 7.03. The number of hydrogen-bond acceptors (Lipinski definition) is 1. The van der Waals surface area contributed by atoms with Crippen LogP contribution in [0.4, 0.5) is 0 Å². The third kappa shape index (κ3) is 2.35. The number of ether oxygens (including phenoxy) is 1. The van der Waals surface area contributed by atoms with E-state index in [2.05, 4.69) is 13.8 Å². The van der Waals surface area contributed by atoms with Crippen molar-refractivity contribution in [1.82, 2.24) is 0 Å². The molecule has 0 bridgehead atoms. The van der Waals surface area contributed by atoms with Crippen LogP contribution in [0.1, 0.15) is 34.1 Å². The van der Waals surface area contributed by atoms with Crippen LogP contribution in [0, 0.1) is 5.41 Å². The summed E-state index contributed by atoms with van der Waals surface area (Å²) in [5.74, 6) is 0. The van der Waals surface area contributed by atoms with Crippen LogP contribution in [0.15, 0.2) is 0 Å². The van der Waals surface area contributed by atoms with Crippen LogP contribution in [0.3, 0.4) is 0 Å². The van der Waals surface area contributed by atoms with Crippen molar-refractivity contribution in [3.8, 4) is 0 Å². The Hall–Kier alpha value is -0.0400. The molecular formula is C8H18O. The van der Waals surface area contributed by atoms with Gasteiger partial charge in [-0.1, -0.05) is 27.7 Å². The van der Waals surface area contributed by atoms with Crippen molar-refractivity contribution < 1.29 is 4.74 Å². The first-order valence-corrected chi connectivity index (χ1v) is 3.85.